The molecule has 0 bridgehead atoms. The Bertz CT molecular complexity index is 420. The molecule has 1 aromatic rings. The van der Waals surface area contributed by atoms with Crippen LogP contribution in [0.1, 0.15) is 23.7 Å². The highest BCUT2D eigenvalue weighted by atomic mass is 16.5. The van der Waals surface area contributed by atoms with Crippen LogP contribution in [0.3, 0.4) is 0 Å². The molecular weight excluding hydrogens is 230 g/mol. The predicted molar refractivity (Wildman–Crippen MR) is 69.8 cm³/mol. The molecule has 0 heterocycles. The van der Waals surface area contributed by atoms with Crippen LogP contribution in [0.5, 0.6) is 5.75 Å². The van der Waals surface area contributed by atoms with Crippen molar-refractivity contribution >= 4 is 5.97 Å². The van der Waals surface area contributed by atoms with Crippen LogP contribution in [-0.2, 0) is 0 Å². The first-order chi connectivity index (χ1) is 8.67. The van der Waals surface area contributed by atoms with Gasteiger partial charge in [0, 0.05) is 6.54 Å². The van der Waals surface area contributed by atoms with Gasteiger partial charge in [0.15, 0.2) is 0 Å². The molecule has 1 rings (SSSR count). The highest BCUT2D eigenvalue weighted by molar-refractivity contribution is 5.87. The molecule has 0 radical (unpaired) electrons. The van der Waals surface area contributed by atoms with Gasteiger partial charge in [-0.15, -0.1) is 6.42 Å². The molecule has 0 amide bonds. The van der Waals surface area contributed by atoms with E-state index in [4.69, 9.17) is 16.3 Å². The van der Waals surface area contributed by atoms with Crippen molar-refractivity contribution in [3.8, 4) is 18.1 Å². The number of hydrogen-bond acceptors (Lipinski definition) is 3. The van der Waals surface area contributed by atoms with E-state index in [1.54, 1.807) is 12.1 Å². The third-order valence-corrected chi connectivity index (χ3v) is 2.47. The highest BCUT2D eigenvalue weighted by Crippen LogP contribution is 2.11. The molecule has 0 saturated heterocycles. The van der Waals surface area contributed by atoms with Crippen LogP contribution >= 0.6 is 0 Å². The van der Waals surface area contributed by atoms with E-state index in [1.807, 2.05) is 6.92 Å². The van der Waals surface area contributed by atoms with Crippen molar-refractivity contribution in [2.24, 2.45) is 0 Å². The number of rotatable bonds is 7. The summed E-state index contributed by atoms with van der Waals surface area (Å²) in [5, 5.41) is 11.9. The predicted octanol–water partition coefficient (Wildman–Crippen LogP) is 1.77. The molecular formula is C14H17NO3. The Hall–Kier alpha value is -1.99. The first-order valence-corrected chi connectivity index (χ1v) is 5.83. The summed E-state index contributed by atoms with van der Waals surface area (Å²) in [6.45, 7) is 3.16. The fourth-order valence-electron chi connectivity index (χ4n) is 1.42. The van der Waals surface area contributed by atoms with E-state index in [9.17, 15) is 4.79 Å². The third-order valence-electron chi connectivity index (χ3n) is 2.47. The monoisotopic (exact) mass is 247 g/mol. The number of nitrogens with one attached hydrogen (secondary N) is 1. The number of hydrogen-bond donors (Lipinski definition) is 2. The zero-order chi connectivity index (χ0) is 13.4. The van der Waals surface area contributed by atoms with Crippen molar-refractivity contribution in [3.05, 3.63) is 29.8 Å². The lowest BCUT2D eigenvalue weighted by Gasteiger charge is -2.11. The van der Waals surface area contributed by atoms with Crippen LogP contribution < -0.4 is 10.1 Å². The quantitative estimate of drug-likeness (QED) is 0.569. The minimum atomic E-state index is -0.942. The van der Waals surface area contributed by atoms with Gasteiger partial charge in [-0.2, -0.15) is 0 Å². The van der Waals surface area contributed by atoms with Gasteiger partial charge in [0.1, 0.15) is 12.4 Å². The van der Waals surface area contributed by atoms with Gasteiger partial charge in [-0.1, -0.05) is 12.8 Å². The van der Waals surface area contributed by atoms with Gasteiger partial charge in [-0.3, -0.25) is 0 Å². The summed E-state index contributed by atoms with van der Waals surface area (Å²) in [7, 11) is 0. The van der Waals surface area contributed by atoms with Crippen LogP contribution in [0.4, 0.5) is 0 Å². The highest BCUT2D eigenvalue weighted by Gasteiger charge is 2.02. The second-order valence-electron chi connectivity index (χ2n) is 3.76. The standard InChI is InChI=1S/C14H17NO3/c1-3-12(4-2)15-9-10-18-13-7-5-11(6-8-13)14(16)17/h1,5-8,12,15H,4,9-10H2,2H3,(H,16,17). The molecule has 18 heavy (non-hydrogen) atoms. The second kappa shape index (κ2) is 7.36. The van der Waals surface area contributed by atoms with Crippen molar-refractivity contribution in [1.29, 1.82) is 0 Å². The number of benzene rings is 1. The normalized spacial score (nSPS) is 11.6. The zero-order valence-electron chi connectivity index (χ0n) is 10.3. The minimum Gasteiger partial charge on any atom is -0.492 e. The van der Waals surface area contributed by atoms with E-state index in [-0.39, 0.29) is 11.6 Å². The Kier molecular flexibility index (Phi) is 5.75. The second-order valence-corrected chi connectivity index (χ2v) is 3.76. The zero-order valence-corrected chi connectivity index (χ0v) is 10.3. The van der Waals surface area contributed by atoms with Crippen molar-refractivity contribution in [2.75, 3.05) is 13.2 Å². The lowest BCUT2D eigenvalue weighted by Crippen LogP contribution is -2.30. The topological polar surface area (TPSA) is 58.6 Å². The van der Waals surface area contributed by atoms with E-state index < -0.39 is 5.97 Å². The van der Waals surface area contributed by atoms with Gasteiger partial charge in [0.2, 0.25) is 0 Å². The summed E-state index contributed by atoms with van der Waals surface area (Å²) in [6, 6.07) is 6.38. The molecule has 0 saturated carbocycles. The summed E-state index contributed by atoms with van der Waals surface area (Å²) in [5.41, 5.74) is 0.249. The summed E-state index contributed by atoms with van der Waals surface area (Å²) in [6.07, 6.45) is 6.19. The van der Waals surface area contributed by atoms with Crippen molar-refractivity contribution in [1.82, 2.24) is 5.32 Å². The van der Waals surface area contributed by atoms with E-state index in [0.29, 0.717) is 18.9 Å². The largest absolute Gasteiger partial charge is 0.492 e. The molecule has 4 nitrogen and oxygen atoms in total. The summed E-state index contributed by atoms with van der Waals surface area (Å²) in [4.78, 5) is 10.6. The number of aromatic carboxylic acids is 1. The summed E-state index contributed by atoms with van der Waals surface area (Å²) in [5.74, 6) is 2.35. The first kappa shape index (κ1) is 14.1. The lowest BCUT2D eigenvalue weighted by molar-refractivity contribution is 0.0697. The fraction of sp³-hybridized carbons (Fsp3) is 0.357. The smallest absolute Gasteiger partial charge is 0.335 e. The first-order valence-electron chi connectivity index (χ1n) is 5.83. The summed E-state index contributed by atoms with van der Waals surface area (Å²) >= 11 is 0. The van der Waals surface area contributed by atoms with E-state index >= 15 is 0 Å². The Morgan fingerprint density at radius 1 is 1.50 bits per heavy atom. The van der Waals surface area contributed by atoms with Crippen LogP contribution in [-0.4, -0.2) is 30.3 Å². The van der Waals surface area contributed by atoms with Gasteiger partial charge >= 0.3 is 5.97 Å². The Labute approximate surface area is 107 Å². The molecule has 0 aliphatic heterocycles. The van der Waals surface area contributed by atoms with Crippen LogP contribution in [0, 0.1) is 12.3 Å². The van der Waals surface area contributed by atoms with Gasteiger partial charge in [-0.05, 0) is 30.7 Å². The number of terminal acetylenes is 1. The van der Waals surface area contributed by atoms with E-state index in [0.717, 1.165) is 6.42 Å². The number of carbonyl (C=O) groups is 1. The van der Waals surface area contributed by atoms with E-state index in [1.165, 1.54) is 12.1 Å². The molecule has 96 valence electrons. The molecule has 4 heteroatoms. The van der Waals surface area contributed by atoms with Crippen LogP contribution in [0.15, 0.2) is 24.3 Å². The SMILES string of the molecule is C#CC(CC)NCCOc1ccc(C(=O)O)cc1. The maximum Gasteiger partial charge on any atom is 0.335 e. The van der Waals surface area contributed by atoms with Crippen LogP contribution in [0.2, 0.25) is 0 Å². The third kappa shape index (κ3) is 4.48. The summed E-state index contributed by atoms with van der Waals surface area (Å²) < 4.78 is 5.46. The van der Waals surface area contributed by atoms with Gasteiger partial charge in [0.25, 0.3) is 0 Å². The maximum atomic E-state index is 10.6. The maximum absolute atomic E-state index is 10.6. The Morgan fingerprint density at radius 2 is 2.17 bits per heavy atom. The Balaban J connectivity index is 2.32. The number of carboxylic acid groups (broad SMARTS) is 1. The number of carboxylic acids is 1. The van der Waals surface area contributed by atoms with Crippen LogP contribution in [0.25, 0.3) is 0 Å². The molecule has 0 fully saturated rings. The molecule has 1 aromatic carbocycles. The van der Waals surface area contributed by atoms with Gasteiger partial charge < -0.3 is 15.2 Å². The molecule has 0 aliphatic carbocycles. The number of ether oxygens (including phenoxy) is 1. The molecule has 1 unspecified atom stereocenters. The average molecular weight is 247 g/mol. The average Bonchev–Trinajstić information content (AvgIpc) is 2.39. The fourth-order valence-corrected chi connectivity index (χ4v) is 1.42. The molecule has 0 aliphatic rings. The van der Waals surface area contributed by atoms with Crippen molar-refractivity contribution in [2.45, 2.75) is 19.4 Å². The van der Waals surface area contributed by atoms with E-state index in [2.05, 4.69) is 11.2 Å². The molecule has 2 N–H and O–H groups in total. The minimum absolute atomic E-state index is 0.0722. The van der Waals surface area contributed by atoms with Crippen molar-refractivity contribution < 1.29 is 14.6 Å². The lowest BCUT2D eigenvalue weighted by atomic mass is 10.2. The molecule has 0 spiro atoms. The molecule has 1 atom stereocenters. The molecule has 0 aromatic heterocycles. The van der Waals surface area contributed by atoms with Gasteiger partial charge in [-0.25, -0.2) is 4.79 Å². The van der Waals surface area contributed by atoms with Gasteiger partial charge in [0.05, 0.1) is 11.6 Å². The van der Waals surface area contributed by atoms with Crippen molar-refractivity contribution in [3.63, 3.8) is 0 Å². The Morgan fingerprint density at radius 3 is 2.67 bits per heavy atom.